The molecular formula is C14H12N4O2. The van der Waals surface area contributed by atoms with Crippen LogP contribution in [-0.4, -0.2) is 25.4 Å². The van der Waals surface area contributed by atoms with Crippen molar-refractivity contribution in [1.82, 2.24) is 14.4 Å². The minimum atomic E-state index is -1.02. The maximum Gasteiger partial charge on any atom is 0.356 e. The number of anilines is 1. The summed E-state index contributed by atoms with van der Waals surface area (Å²) >= 11 is 0. The zero-order valence-electron chi connectivity index (χ0n) is 10.5. The van der Waals surface area contributed by atoms with Crippen molar-refractivity contribution in [2.75, 3.05) is 5.32 Å². The summed E-state index contributed by atoms with van der Waals surface area (Å²) in [7, 11) is 0. The minimum Gasteiger partial charge on any atom is -0.476 e. The molecule has 20 heavy (non-hydrogen) atoms. The smallest absolute Gasteiger partial charge is 0.356 e. The van der Waals surface area contributed by atoms with Gasteiger partial charge in [-0.3, -0.25) is 9.38 Å². The van der Waals surface area contributed by atoms with E-state index in [1.165, 1.54) is 0 Å². The first-order chi connectivity index (χ1) is 9.75. The van der Waals surface area contributed by atoms with Crippen molar-refractivity contribution in [3.8, 4) is 0 Å². The van der Waals surface area contributed by atoms with E-state index in [-0.39, 0.29) is 5.69 Å². The predicted molar refractivity (Wildman–Crippen MR) is 73.7 cm³/mol. The highest BCUT2D eigenvalue weighted by Gasteiger charge is 2.17. The minimum absolute atomic E-state index is 0.122. The summed E-state index contributed by atoms with van der Waals surface area (Å²) < 4.78 is 1.54. The van der Waals surface area contributed by atoms with Gasteiger partial charge in [-0.15, -0.1) is 0 Å². The van der Waals surface area contributed by atoms with Crippen molar-refractivity contribution in [3.63, 3.8) is 0 Å². The van der Waals surface area contributed by atoms with Crippen LogP contribution in [0.5, 0.6) is 0 Å². The van der Waals surface area contributed by atoms with Gasteiger partial charge in [0.2, 0.25) is 0 Å². The lowest BCUT2D eigenvalue weighted by Crippen LogP contribution is -2.08. The van der Waals surface area contributed by atoms with Gasteiger partial charge < -0.3 is 10.4 Å². The highest BCUT2D eigenvalue weighted by atomic mass is 16.4. The average molecular weight is 268 g/mol. The monoisotopic (exact) mass is 268 g/mol. The van der Waals surface area contributed by atoms with Gasteiger partial charge in [-0.1, -0.05) is 12.1 Å². The summed E-state index contributed by atoms with van der Waals surface area (Å²) in [4.78, 5) is 19.9. The number of aromatic carboxylic acids is 1. The van der Waals surface area contributed by atoms with Gasteiger partial charge in [0.25, 0.3) is 0 Å². The van der Waals surface area contributed by atoms with Crippen molar-refractivity contribution in [2.45, 2.75) is 6.54 Å². The van der Waals surface area contributed by atoms with Crippen LogP contribution in [0, 0.1) is 0 Å². The van der Waals surface area contributed by atoms with Crippen molar-refractivity contribution in [2.24, 2.45) is 0 Å². The molecule has 0 fully saturated rings. The van der Waals surface area contributed by atoms with Crippen molar-refractivity contribution >= 4 is 17.4 Å². The van der Waals surface area contributed by atoms with Gasteiger partial charge in [0.1, 0.15) is 5.65 Å². The number of rotatable bonds is 4. The van der Waals surface area contributed by atoms with E-state index in [1.807, 2.05) is 24.3 Å². The molecule has 3 heterocycles. The van der Waals surface area contributed by atoms with Gasteiger partial charge in [0, 0.05) is 12.4 Å². The molecule has 2 N–H and O–H groups in total. The van der Waals surface area contributed by atoms with E-state index in [9.17, 15) is 9.90 Å². The van der Waals surface area contributed by atoms with Gasteiger partial charge in [-0.05, 0) is 24.3 Å². The molecule has 100 valence electrons. The first-order valence-electron chi connectivity index (χ1n) is 6.10. The number of aromatic nitrogens is 3. The molecule has 0 spiro atoms. The molecule has 6 heteroatoms. The standard InChI is InChI=1S/C14H12N4O2/c19-14(20)12-13(16-9-10-5-1-3-7-15-10)17-11-6-2-4-8-18(11)12/h1-8,16H,9H2,(H,19,20). The van der Waals surface area contributed by atoms with Crippen LogP contribution in [0.25, 0.3) is 5.65 Å². The Bertz CT molecular complexity index is 752. The quantitative estimate of drug-likeness (QED) is 0.757. The number of carbonyl (C=O) groups is 1. The van der Waals surface area contributed by atoms with E-state index in [0.29, 0.717) is 18.0 Å². The molecular weight excluding hydrogens is 256 g/mol. The number of hydrogen-bond donors (Lipinski definition) is 2. The molecule has 3 rings (SSSR count). The third-order valence-corrected chi connectivity index (χ3v) is 2.90. The number of imidazole rings is 1. The largest absolute Gasteiger partial charge is 0.476 e. The summed E-state index contributed by atoms with van der Waals surface area (Å²) in [5.74, 6) is -0.679. The normalized spacial score (nSPS) is 10.6. The van der Waals surface area contributed by atoms with E-state index < -0.39 is 5.97 Å². The van der Waals surface area contributed by atoms with E-state index >= 15 is 0 Å². The zero-order chi connectivity index (χ0) is 13.9. The maximum absolute atomic E-state index is 11.4. The Labute approximate surface area is 114 Å². The molecule has 0 aliphatic heterocycles. The Kier molecular flexibility index (Phi) is 3.04. The second kappa shape index (κ2) is 5.00. The van der Waals surface area contributed by atoms with Gasteiger partial charge in [0.05, 0.1) is 12.2 Å². The Balaban J connectivity index is 1.95. The Hall–Kier alpha value is -2.89. The van der Waals surface area contributed by atoms with E-state index in [0.717, 1.165) is 5.69 Å². The van der Waals surface area contributed by atoms with Gasteiger partial charge in [-0.2, -0.15) is 0 Å². The first kappa shape index (κ1) is 12.2. The molecule has 0 saturated heterocycles. The summed E-state index contributed by atoms with van der Waals surface area (Å²) in [5.41, 5.74) is 1.53. The van der Waals surface area contributed by atoms with Crippen molar-refractivity contribution in [3.05, 3.63) is 60.2 Å². The Morgan fingerprint density at radius 3 is 2.85 bits per heavy atom. The predicted octanol–water partition coefficient (Wildman–Crippen LogP) is 2.04. The number of nitrogens with zero attached hydrogens (tertiary/aromatic N) is 3. The van der Waals surface area contributed by atoms with Crippen LogP contribution in [0.2, 0.25) is 0 Å². The molecule has 6 nitrogen and oxygen atoms in total. The van der Waals surface area contributed by atoms with Crippen molar-refractivity contribution < 1.29 is 9.90 Å². The number of hydrogen-bond acceptors (Lipinski definition) is 4. The van der Waals surface area contributed by atoms with Crippen LogP contribution in [0.1, 0.15) is 16.2 Å². The lowest BCUT2D eigenvalue weighted by molar-refractivity contribution is 0.0690. The summed E-state index contributed by atoms with van der Waals surface area (Å²) in [5, 5.41) is 12.4. The molecule has 0 aliphatic rings. The number of nitrogens with one attached hydrogen (secondary N) is 1. The van der Waals surface area contributed by atoms with E-state index in [4.69, 9.17) is 0 Å². The molecule has 0 unspecified atom stereocenters. The van der Waals surface area contributed by atoms with Crippen LogP contribution in [0.3, 0.4) is 0 Å². The highest BCUT2D eigenvalue weighted by Crippen LogP contribution is 2.18. The molecule has 0 aliphatic carbocycles. The van der Waals surface area contributed by atoms with Crippen LogP contribution >= 0.6 is 0 Å². The third-order valence-electron chi connectivity index (χ3n) is 2.90. The molecule has 0 atom stereocenters. The maximum atomic E-state index is 11.4. The lowest BCUT2D eigenvalue weighted by atomic mass is 10.3. The molecule has 3 aromatic rings. The van der Waals surface area contributed by atoms with Crippen LogP contribution < -0.4 is 5.32 Å². The summed E-state index contributed by atoms with van der Waals surface area (Å²) in [6, 6.07) is 10.9. The fourth-order valence-electron chi connectivity index (χ4n) is 2.00. The first-order valence-corrected chi connectivity index (χ1v) is 6.10. The molecule has 0 amide bonds. The fourth-order valence-corrected chi connectivity index (χ4v) is 2.00. The number of fused-ring (bicyclic) bond motifs is 1. The fraction of sp³-hybridized carbons (Fsp3) is 0.0714. The second-order valence-electron chi connectivity index (χ2n) is 4.22. The SMILES string of the molecule is O=C(O)c1c(NCc2ccccn2)nc2ccccn12. The molecule has 0 radical (unpaired) electrons. The van der Waals surface area contributed by atoms with Gasteiger partial charge >= 0.3 is 5.97 Å². The molecule has 0 saturated carbocycles. The number of pyridine rings is 2. The van der Waals surface area contributed by atoms with Gasteiger partial charge in [-0.25, -0.2) is 9.78 Å². The number of carboxylic acid groups (broad SMARTS) is 1. The lowest BCUT2D eigenvalue weighted by Gasteiger charge is -2.03. The molecule has 0 bridgehead atoms. The van der Waals surface area contributed by atoms with E-state index in [2.05, 4.69) is 15.3 Å². The zero-order valence-corrected chi connectivity index (χ0v) is 10.5. The molecule has 0 aromatic carbocycles. The second-order valence-corrected chi connectivity index (χ2v) is 4.22. The average Bonchev–Trinajstić information content (AvgIpc) is 2.84. The molecule has 3 aromatic heterocycles. The van der Waals surface area contributed by atoms with Crippen molar-refractivity contribution in [1.29, 1.82) is 0 Å². The summed E-state index contributed by atoms with van der Waals surface area (Å²) in [6.07, 6.45) is 3.37. The Morgan fingerprint density at radius 2 is 2.10 bits per heavy atom. The third kappa shape index (κ3) is 2.18. The Morgan fingerprint density at radius 1 is 1.25 bits per heavy atom. The van der Waals surface area contributed by atoms with Gasteiger partial charge in [0.15, 0.2) is 11.5 Å². The van der Waals surface area contributed by atoms with Crippen LogP contribution in [0.4, 0.5) is 5.82 Å². The van der Waals surface area contributed by atoms with E-state index in [1.54, 1.807) is 28.9 Å². The number of carboxylic acids is 1. The summed E-state index contributed by atoms with van der Waals surface area (Å²) in [6.45, 7) is 0.422. The van der Waals surface area contributed by atoms with Crippen LogP contribution in [0.15, 0.2) is 48.8 Å². The topological polar surface area (TPSA) is 79.5 Å². The highest BCUT2D eigenvalue weighted by molar-refractivity contribution is 5.92. The van der Waals surface area contributed by atoms with Crippen LogP contribution in [-0.2, 0) is 6.54 Å².